The summed E-state index contributed by atoms with van der Waals surface area (Å²) >= 11 is 0. The molecule has 5 aromatic carbocycles. The van der Waals surface area contributed by atoms with Gasteiger partial charge in [-0.05, 0) is 36.4 Å². The second kappa shape index (κ2) is 14.6. The Kier molecular flexibility index (Phi) is 9.27. The monoisotopic (exact) mass is 918 g/mol. The standard InChI is InChI=1S/C41H26O25/c42-13-1-8(2-14(43)24(13)48)36(55)66-41-35-34-31(63-39(58)11-5-17(46)27(51)32-22(11)23-12(40(59)65-35)6-18(47)28(52)33(23)62-32)19(61-41)7-60-37(56)9-3-15(44)25(49)29(53)20(9)21-10(38(57)64-34)4-16(45)26(50)30(21)54/h1-6,19,31,34-35,41-54H,7H2/t19-,31-,34-,35-,41+/m1/s1. The number of rotatable bonds is 2. The number of carbonyl (C=O) groups excluding carboxylic acids is 5. The van der Waals surface area contributed by atoms with Gasteiger partial charge in [-0.2, -0.15) is 0 Å². The van der Waals surface area contributed by atoms with Crippen LogP contribution in [-0.4, -0.2) is 134 Å². The van der Waals surface area contributed by atoms with Gasteiger partial charge in [-0.1, -0.05) is 0 Å². The van der Waals surface area contributed by atoms with E-state index in [1.54, 1.807) is 0 Å². The average molecular weight is 919 g/mol. The highest BCUT2D eigenvalue weighted by Crippen LogP contribution is 2.54. The van der Waals surface area contributed by atoms with Gasteiger partial charge in [-0.25, -0.2) is 24.0 Å². The van der Waals surface area contributed by atoms with Crippen molar-refractivity contribution in [2.75, 3.05) is 6.61 Å². The van der Waals surface area contributed by atoms with Crippen molar-refractivity contribution in [1.82, 2.24) is 0 Å². The van der Waals surface area contributed by atoms with Crippen LogP contribution in [0.4, 0.5) is 0 Å². The highest BCUT2D eigenvalue weighted by molar-refractivity contribution is 6.23. The Bertz CT molecular complexity index is 3180. The Hall–Kier alpha value is -9.39. The third kappa shape index (κ3) is 6.16. The number of furan rings is 1. The summed E-state index contributed by atoms with van der Waals surface area (Å²) in [5.41, 5.74) is -8.06. The first-order valence-electron chi connectivity index (χ1n) is 18.5. The fourth-order valence-electron chi connectivity index (χ4n) is 7.71. The van der Waals surface area contributed by atoms with E-state index >= 15 is 0 Å². The zero-order valence-electron chi connectivity index (χ0n) is 32.3. The van der Waals surface area contributed by atoms with Gasteiger partial charge in [0.25, 0.3) is 0 Å². The Labute approximate surface area is 362 Å². The van der Waals surface area contributed by atoms with Crippen molar-refractivity contribution in [3.63, 3.8) is 0 Å². The van der Waals surface area contributed by atoms with Gasteiger partial charge in [0.05, 0.1) is 27.8 Å². The van der Waals surface area contributed by atoms with Gasteiger partial charge in [0.15, 0.2) is 75.1 Å². The van der Waals surface area contributed by atoms with E-state index in [0.717, 1.165) is 0 Å². The summed E-state index contributed by atoms with van der Waals surface area (Å²) in [6.45, 7) is -1.21. The van der Waals surface area contributed by atoms with Gasteiger partial charge < -0.3 is 99.2 Å². The molecule has 4 heterocycles. The maximum atomic E-state index is 14.6. The molecular formula is C41H26O25. The van der Waals surface area contributed by atoms with Gasteiger partial charge >= 0.3 is 29.8 Å². The lowest BCUT2D eigenvalue weighted by molar-refractivity contribution is -0.282. The fourth-order valence-corrected chi connectivity index (χ4v) is 7.71. The first kappa shape index (κ1) is 41.9. The number of hydrogen-bond donors (Lipinski definition) is 13. The molecule has 0 aliphatic carbocycles. The van der Waals surface area contributed by atoms with Crippen molar-refractivity contribution in [3.05, 3.63) is 64.2 Å². The van der Waals surface area contributed by atoms with E-state index in [2.05, 4.69) is 0 Å². The van der Waals surface area contributed by atoms with Crippen molar-refractivity contribution in [2.24, 2.45) is 0 Å². The summed E-state index contributed by atoms with van der Waals surface area (Å²) in [7, 11) is 0. The highest BCUT2D eigenvalue weighted by atomic mass is 16.7. The number of cyclic esters (lactones) is 1. The van der Waals surface area contributed by atoms with Crippen LogP contribution in [0, 0.1) is 0 Å². The van der Waals surface area contributed by atoms with Crippen LogP contribution < -0.4 is 0 Å². The number of esters is 5. The van der Waals surface area contributed by atoms with Crippen molar-refractivity contribution in [2.45, 2.75) is 30.7 Å². The average Bonchev–Trinajstić information content (AvgIpc) is 3.67. The van der Waals surface area contributed by atoms with Crippen LogP contribution in [0.1, 0.15) is 51.8 Å². The number of aromatic hydroxyl groups is 13. The van der Waals surface area contributed by atoms with Crippen molar-refractivity contribution >= 4 is 51.8 Å². The Morgan fingerprint density at radius 2 is 0.879 bits per heavy atom. The second-order valence-electron chi connectivity index (χ2n) is 14.6. The fraction of sp³-hybridized carbons (Fsp3) is 0.146. The molecule has 3 aliphatic rings. The minimum absolute atomic E-state index is 0.414. The molecule has 4 bridgehead atoms. The molecule has 340 valence electrons. The quantitative estimate of drug-likeness (QED) is 0.0674. The molecule has 5 atom stereocenters. The maximum Gasteiger partial charge on any atom is 0.340 e. The summed E-state index contributed by atoms with van der Waals surface area (Å²) in [5.74, 6) is -23.6. The van der Waals surface area contributed by atoms with Crippen LogP contribution in [0.15, 0.2) is 40.8 Å². The molecule has 1 fully saturated rings. The number of hydrogen-bond acceptors (Lipinski definition) is 25. The lowest BCUT2D eigenvalue weighted by Crippen LogP contribution is -2.63. The number of carbonyl (C=O) groups is 5. The third-order valence-electron chi connectivity index (χ3n) is 10.8. The van der Waals surface area contributed by atoms with E-state index in [9.17, 15) is 90.4 Å². The van der Waals surface area contributed by atoms with Crippen LogP contribution in [0.3, 0.4) is 0 Å². The molecule has 0 amide bonds. The van der Waals surface area contributed by atoms with Gasteiger partial charge in [0.2, 0.25) is 35.4 Å². The third-order valence-corrected chi connectivity index (χ3v) is 10.8. The molecule has 0 unspecified atom stereocenters. The largest absolute Gasteiger partial charge is 0.504 e. The lowest BCUT2D eigenvalue weighted by atomic mass is 9.91. The minimum atomic E-state index is -2.46. The van der Waals surface area contributed by atoms with Crippen molar-refractivity contribution in [1.29, 1.82) is 0 Å². The molecule has 3 aliphatic heterocycles. The van der Waals surface area contributed by atoms with E-state index in [1.807, 2.05) is 0 Å². The van der Waals surface area contributed by atoms with Gasteiger partial charge in [0.1, 0.15) is 12.7 Å². The number of fused-ring (bicyclic) bond motifs is 3. The van der Waals surface area contributed by atoms with E-state index in [-0.39, 0.29) is 0 Å². The van der Waals surface area contributed by atoms with E-state index in [4.69, 9.17) is 32.8 Å². The van der Waals surface area contributed by atoms with Crippen LogP contribution in [0.2, 0.25) is 0 Å². The molecule has 25 heteroatoms. The number of phenolic OH excluding ortho intramolecular Hbond substituents is 13. The Balaban J connectivity index is 1.30. The molecule has 1 aromatic heterocycles. The Morgan fingerprint density at radius 1 is 0.470 bits per heavy atom. The van der Waals surface area contributed by atoms with Crippen LogP contribution in [-0.2, 0) is 28.4 Å². The van der Waals surface area contributed by atoms with E-state index < -0.39 is 203 Å². The maximum absolute atomic E-state index is 14.6. The Morgan fingerprint density at radius 3 is 1.39 bits per heavy atom. The molecule has 0 radical (unpaired) electrons. The topological polar surface area (TPSA) is 417 Å². The van der Waals surface area contributed by atoms with Gasteiger partial charge in [0, 0.05) is 21.9 Å². The molecule has 9 rings (SSSR count). The highest BCUT2D eigenvalue weighted by Gasteiger charge is 2.56. The molecular weight excluding hydrogens is 892 g/mol. The lowest BCUT2D eigenvalue weighted by Gasteiger charge is -2.44. The van der Waals surface area contributed by atoms with E-state index in [0.29, 0.717) is 36.4 Å². The summed E-state index contributed by atoms with van der Waals surface area (Å²) in [5, 5.41) is 136. The van der Waals surface area contributed by atoms with Crippen molar-refractivity contribution < 1.29 is 123 Å². The number of phenols is 13. The molecule has 0 spiro atoms. The van der Waals surface area contributed by atoms with Crippen LogP contribution in [0.25, 0.3) is 33.1 Å². The van der Waals surface area contributed by atoms with Gasteiger partial charge in [-0.3, -0.25) is 0 Å². The minimum Gasteiger partial charge on any atom is -0.504 e. The second-order valence-corrected chi connectivity index (χ2v) is 14.6. The summed E-state index contributed by atoms with van der Waals surface area (Å²) < 4.78 is 39.7. The predicted molar refractivity (Wildman–Crippen MR) is 206 cm³/mol. The smallest absolute Gasteiger partial charge is 0.340 e. The SMILES string of the molecule is O=C(O[C@@H]1O[C@@H]2COC(=O)c3cc(O)c(O)c(O)c3-c3c(cc(O)c(O)c3O)C(=O)O[C@H]3[C@H]1OC(=O)c1cc(O)c(O)c4oc5c(O)c(O)cc(c5c14)C(=O)O[C@@H]32)c1cc(O)c(O)c(O)c1. The molecule has 1 saturated heterocycles. The van der Waals surface area contributed by atoms with Crippen molar-refractivity contribution in [3.8, 4) is 85.9 Å². The molecule has 66 heavy (non-hydrogen) atoms. The first-order chi connectivity index (χ1) is 31.2. The normalized spacial score (nSPS) is 20.4. The number of benzene rings is 5. The zero-order chi connectivity index (χ0) is 47.5. The molecule has 0 saturated carbocycles. The predicted octanol–water partition coefficient (Wildman–Crippen LogP) is 2.47. The van der Waals surface area contributed by atoms with Crippen LogP contribution >= 0.6 is 0 Å². The summed E-state index contributed by atoms with van der Waals surface area (Å²) in [4.78, 5) is 71.2. The van der Waals surface area contributed by atoms with E-state index in [1.165, 1.54) is 0 Å². The van der Waals surface area contributed by atoms with Gasteiger partial charge in [-0.15, -0.1) is 0 Å². The number of ether oxygens (including phenoxy) is 6. The zero-order valence-corrected chi connectivity index (χ0v) is 32.3. The van der Waals surface area contributed by atoms with Crippen LogP contribution in [0.5, 0.6) is 74.7 Å². The molecule has 6 aromatic rings. The first-order valence-corrected chi connectivity index (χ1v) is 18.5. The summed E-state index contributed by atoms with van der Waals surface area (Å²) in [6, 6.07) is 3.32. The summed E-state index contributed by atoms with van der Waals surface area (Å²) in [6.07, 6.45) is -11.7. The molecule has 25 nitrogen and oxygen atoms in total. The molecule has 13 N–H and O–H groups in total.